The summed E-state index contributed by atoms with van der Waals surface area (Å²) in [6, 6.07) is 3.48. The Balaban J connectivity index is 2.43. The van der Waals surface area contributed by atoms with Gasteiger partial charge in [0.15, 0.2) is 0 Å². The molecule has 1 aromatic heterocycles. The van der Waals surface area contributed by atoms with Crippen molar-refractivity contribution in [3.63, 3.8) is 0 Å². The Morgan fingerprint density at radius 2 is 2.38 bits per heavy atom. The van der Waals surface area contributed by atoms with Crippen LogP contribution in [0, 0.1) is 5.92 Å². The van der Waals surface area contributed by atoms with Crippen LogP contribution in [-0.4, -0.2) is 23.3 Å². The number of aromatic nitrogens is 1. The van der Waals surface area contributed by atoms with Crippen LogP contribution >= 0.6 is 27.5 Å². The van der Waals surface area contributed by atoms with E-state index in [2.05, 4.69) is 33.2 Å². The monoisotopic (exact) mass is 304 g/mol. The first-order valence-electron chi connectivity index (χ1n) is 5.09. The topological polar surface area (TPSA) is 42.0 Å². The number of carbonyl (C=O) groups excluding carboxylic acids is 1. The molecule has 16 heavy (non-hydrogen) atoms. The maximum atomic E-state index is 11.6. The number of pyridine rings is 1. The lowest BCUT2D eigenvalue weighted by Gasteiger charge is -2.10. The zero-order chi connectivity index (χ0) is 12.0. The first kappa shape index (κ1) is 13.5. The summed E-state index contributed by atoms with van der Waals surface area (Å²) in [6.07, 6.45) is 2.51. The van der Waals surface area contributed by atoms with Gasteiger partial charge in [0, 0.05) is 23.1 Å². The van der Waals surface area contributed by atoms with E-state index in [1.165, 1.54) is 0 Å². The van der Waals surface area contributed by atoms with Crippen molar-refractivity contribution in [3.8, 4) is 0 Å². The maximum Gasteiger partial charge on any atom is 0.269 e. The molecule has 0 saturated carbocycles. The summed E-state index contributed by atoms with van der Waals surface area (Å²) in [7, 11) is 0. The van der Waals surface area contributed by atoms with Crippen LogP contribution in [0.15, 0.2) is 22.8 Å². The van der Waals surface area contributed by atoms with Crippen molar-refractivity contribution in [1.82, 2.24) is 10.3 Å². The van der Waals surface area contributed by atoms with Crippen molar-refractivity contribution >= 4 is 33.4 Å². The van der Waals surface area contributed by atoms with Gasteiger partial charge in [-0.1, -0.05) is 6.92 Å². The van der Waals surface area contributed by atoms with Gasteiger partial charge in [0.1, 0.15) is 5.69 Å². The van der Waals surface area contributed by atoms with Crippen LogP contribution < -0.4 is 5.32 Å². The number of hydrogen-bond donors (Lipinski definition) is 1. The smallest absolute Gasteiger partial charge is 0.269 e. The van der Waals surface area contributed by atoms with E-state index in [0.717, 1.165) is 10.9 Å². The van der Waals surface area contributed by atoms with Crippen LogP contribution in [0.25, 0.3) is 0 Å². The highest BCUT2D eigenvalue weighted by molar-refractivity contribution is 9.10. The molecule has 3 nitrogen and oxygen atoms in total. The molecule has 0 aliphatic carbocycles. The van der Waals surface area contributed by atoms with Gasteiger partial charge >= 0.3 is 0 Å². The second kappa shape index (κ2) is 6.86. The highest BCUT2D eigenvalue weighted by atomic mass is 79.9. The highest BCUT2D eigenvalue weighted by Crippen LogP contribution is 2.07. The predicted molar refractivity (Wildman–Crippen MR) is 68.8 cm³/mol. The van der Waals surface area contributed by atoms with Gasteiger partial charge in [-0.05, 0) is 40.4 Å². The van der Waals surface area contributed by atoms with Gasteiger partial charge in [0.25, 0.3) is 5.91 Å². The van der Waals surface area contributed by atoms with Gasteiger partial charge in [-0.15, -0.1) is 11.6 Å². The molecule has 0 aliphatic heterocycles. The second-order valence-corrected chi connectivity index (χ2v) is 4.95. The molecule has 1 unspecified atom stereocenters. The van der Waals surface area contributed by atoms with Gasteiger partial charge in [-0.25, -0.2) is 4.98 Å². The SMILES string of the molecule is CC(CCCl)CNC(=O)c1ccc(Br)cn1. The van der Waals surface area contributed by atoms with Crippen molar-refractivity contribution in [2.24, 2.45) is 5.92 Å². The molecule has 0 radical (unpaired) electrons. The summed E-state index contributed by atoms with van der Waals surface area (Å²) < 4.78 is 0.861. The number of nitrogens with one attached hydrogen (secondary N) is 1. The largest absolute Gasteiger partial charge is 0.350 e. The summed E-state index contributed by atoms with van der Waals surface area (Å²) in [5, 5.41) is 2.83. The molecule has 0 spiro atoms. The molecule has 0 aliphatic rings. The third-order valence-electron chi connectivity index (χ3n) is 2.17. The van der Waals surface area contributed by atoms with Crippen LogP contribution in [0.5, 0.6) is 0 Å². The Kier molecular flexibility index (Phi) is 5.77. The maximum absolute atomic E-state index is 11.6. The van der Waals surface area contributed by atoms with Crippen LogP contribution in [0.2, 0.25) is 0 Å². The fraction of sp³-hybridized carbons (Fsp3) is 0.455. The zero-order valence-electron chi connectivity index (χ0n) is 9.04. The Hall–Kier alpha value is -0.610. The number of rotatable bonds is 5. The molecule has 88 valence electrons. The lowest BCUT2D eigenvalue weighted by Crippen LogP contribution is -2.29. The molecule has 1 aromatic rings. The molecule has 0 bridgehead atoms. The molecule has 1 atom stereocenters. The lowest BCUT2D eigenvalue weighted by molar-refractivity contribution is 0.0943. The van der Waals surface area contributed by atoms with Crippen LogP contribution in [-0.2, 0) is 0 Å². The Bertz CT molecular complexity index is 342. The molecule has 1 heterocycles. The molecule has 1 N–H and O–H groups in total. The molecular weight excluding hydrogens is 291 g/mol. The van der Waals surface area contributed by atoms with Crippen molar-refractivity contribution in [2.45, 2.75) is 13.3 Å². The standard InChI is InChI=1S/C11H14BrClN2O/c1-8(4-5-13)6-15-11(16)10-3-2-9(12)7-14-10/h2-3,7-8H,4-6H2,1H3,(H,15,16). The van der Waals surface area contributed by atoms with Crippen LogP contribution in [0.3, 0.4) is 0 Å². The van der Waals surface area contributed by atoms with E-state index in [9.17, 15) is 4.79 Å². The quantitative estimate of drug-likeness (QED) is 0.850. The van der Waals surface area contributed by atoms with E-state index in [1.807, 2.05) is 0 Å². The van der Waals surface area contributed by atoms with Gasteiger partial charge in [0.05, 0.1) is 0 Å². The van der Waals surface area contributed by atoms with Crippen LogP contribution in [0.4, 0.5) is 0 Å². The average Bonchev–Trinajstić information content (AvgIpc) is 2.27. The minimum absolute atomic E-state index is 0.145. The van der Waals surface area contributed by atoms with Gasteiger partial charge in [-0.3, -0.25) is 4.79 Å². The average molecular weight is 306 g/mol. The molecule has 5 heteroatoms. The summed E-state index contributed by atoms with van der Waals surface area (Å²) in [5.41, 5.74) is 0.432. The Morgan fingerprint density at radius 3 is 2.94 bits per heavy atom. The minimum Gasteiger partial charge on any atom is -0.350 e. The molecule has 0 aromatic carbocycles. The number of alkyl halides is 1. The van der Waals surface area contributed by atoms with Crippen LogP contribution in [0.1, 0.15) is 23.8 Å². The summed E-state index contributed by atoms with van der Waals surface area (Å²) in [6.45, 7) is 2.68. The van der Waals surface area contributed by atoms with Gasteiger partial charge in [0.2, 0.25) is 0 Å². The van der Waals surface area contributed by atoms with Crippen molar-refractivity contribution < 1.29 is 4.79 Å². The number of nitrogens with zero attached hydrogens (tertiary/aromatic N) is 1. The van der Waals surface area contributed by atoms with E-state index < -0.39 is 0 Å². The van der Waals surface area contributed by atoms with E-state index in [-0.39, 0.29) is 5.91 Å². The minimum atomic E-state index is -0.145. The van der Waals surface area contributed by atoms with Crippen molar-refractivity contribution in [1.29, 1.82) is 0 Å². The number of carbonyl (C=O) groups is 1. The highest BCUT2D eigenvalue weighted by Gasteiger charge is 2.08. The number of hydrogen-bond acceptors (Lipinski definition) is 2. The van der Waals surface area contributed by atoms with E-state index in [1.54, 1.807) is 18.3 Å². The number of amides is 1. The summed E-state index contributed by atoms with van der Waals surface area (Å²) in [5.74, 6) is 0.860. The van der Waals surface area contributed by atoms with E-state index in [0.29, 0.717) is 24.0 Å². The number of halogens is 2. The third-order valence-corrected chi connectivity index (χ3v) is 2.86. The molecule has 0 fully saturated rings. The van der Waals surface area contributed by atoms with Gasteiger partial charge < -0.3 is 5.32 Å². The van der Waals surface area contributed by atoms with Crippen molar-refractivity contribution in [3.05, 3.63) is 28.5 Å². The Labute approximate surface area is 109 Å². The molecule has 1 rings (SSSR count). The zero-order valence-corrected chi connectivity index (χ0v) is 11.4. The fourth-order valence-corrected chi connectivity index (χ4v) is 1.76. The third kappa shape index (κ3) is 4.49. The van der Waals surface area contributed by atoms with E-state index >= 15 is 0 Å². The Morgan fingerprint density at radius 1 is 1.62 bits per heavy atom. The van der Waals surface area contributed by atoms with Crippen molar-refractivity contribution in [2.75, 3.05) is 12.4 Å². The normalized spacial score (nSPS) is 12.2. The fourth-order valence-electron chi connectivity index (χ4n) is 1.16. The first-order chi connectivity index (χ1) is 7.63. The lowest BCUT2D eigenvalue weighted by atomic mass is 10.1. The van der Waals surface area contributed by atoms with E-state index in [4.69, 9.17) is 11.6 Å². The second-order valence-electron chi connectivity index (χ2n) is 3.65. The van der Waals surface area contributed by atoms with Gasteiger partial charge in [-0.2, -0.15) is 0 Å². The predicted octanol–water partition coefficient (Wildman–Crippen LogP) is 2.84. The summed E-state index contributed by atoms with van der Waals surface area (Å²) >= 11 is 8.88. The molecular formula is C11H14BrClN2O. The molecule has 1 amide bonds. The molecule has 0 saturated heterocycles. The summed E-state index contributed by atoms with van der Waals surface area (Å²) in [4.78, 5) is 15.7. The first-order valence-corrected chi connectivity index (χ1v) is 6.42.